The lowest BCUT2D eigenvalue weighted by atomic mass is 10.2. The van der Waals surface area contributed by atoms with E-state index in [1.54, 1.807) is 24.4 Å². The van der Waals surface area contributed by atoms with Gasteiger partial charge in [0.15, 0.2) is 11.5 Å². The van der Waals surface area contributed by atoms with Gasteiger partial charge in [0.05, 0.1) is 12.8 Å². The maximum Gasteiger partial charge on any atom is 0.259 e. The van der Waals surface area contributed by atoms with Gasteiger partial charge in [-0.05, 0) is 29.6 Å². The standard InChI is InChI=1S/C15H13N3O4S/c19-14(18-17-7-11-2-1-5-23-11)8-16-15(20)10-3-4-12-13(6-10)22-9-21-12/h1-7H,8-9H2,(H,16,20)(H,18,19)/b17-7+. The maximum absolute atomic E-state index is 12.0. The minimum absolute atomic E-state index is 0.144. The van der Waals surface area contributed by atoms with E-state index < -0.39 is 5.91 Å². The summed E-state index contributed by atoms with van der Waals surface area (Å²) in [5.74, 6) is 0.331. The maximum atomic E-state index is 12.0. The molecule has 0 fully saturated rings. The van der Waals surface area contributed by atoms with Crippen LogP contribution >= 0.6 is 11.3 Å². The van der Waals surface area contributed by atoms with Crippen molar-refractivity contribution in [3.8, 4) is 11.5 Å². The van der Waals surface area contributed by atoms with E-state index in [1.165, 1.54) is 11.3 Å². The van der Waals surface area contributed by atoms with Crippen molar-refractivity contribution in [3.05, 3.63) is 46.2 Å². The summed E-state index contributed by atoms with van der Waals surface area (Å²) < 4.78 is 10.4. The molecule has 0 bridgehead atoms. The van der Waals surface area contributed by atoms with E-state index in [-0.39, 0.29) is 19.2 Å². The topological polar surface area (TPSA) is 89.0 Å². The number of hydrogen-bond donors (Lipinski definition) is 2. The van der Waals surface area contributed by atoms with Crippen LogP contribution in [0.1, 0.15) is 15.2 Å². The zero-order valence-electron chi connectivity index (χ0n) is 11.9. The number of nitrogens with one attached hydrogen (secondary N) is 2. The Kier molecular flexibility index (Phi) is 4.53. The van der Waals surface area contributed by atoms with Crippen LogP contribution in [-0.2, 0) is 4.79 Å². The second-order valence-corrected chi connectivity index (χ2v) is 5.54. The normalized spacial score (nSPS) is 12.3. The van der Waals surface area contributed by atoms with E-state index in [9.17, 15) is 9.59 Å². The molecule has 7 nitrogen and oxygen atoms in total. The third-order valence-electron chi connectivity index (χ3n) is 2.97. The highest BCUT2D eigenvalue weighted by atomic mass is 32.1. The number of ether oxygens (including phenoxy) is 2. The van der Waals surface area contributed by atoms with E-state index in [2.05, 4.69) is 15.8 Å². The van der Waals surface area contributed by atoms with Crippen molar-refractivity contribution in [2.75, 3.05) is 13.3 Å². The smallest absolute Gasteiger partial charge is 0.259 e. The van der Waals surface area contributed by atoms with Crippen molar-refractivity contribution in [1.29, 1.82) is 0 Å². The Hall–Kier alpha value is -2.87. The molecule has 118 valence electrons. The van der Waals surface area contributed by atoms with Crippen molar-refractivity contribution >= 4 is 29.4 Å². The lowest BCUT2D eigenvalue weighted by molar-refractivity contribution is -0.120. The number of hydrogen-bond acceptors (Lipinski definition) is 6. The van der Waals surface area contributed by atoms with Crippen LogP contribution in [0.3, 0.4) is 0 Å². The predicted molar refractivity (Wildman–Crippen MR) is 85.0 cm³/mol. The lowest BCUT2D eigenvalue weighted by Gasteiger charge is -2.05. The Balaban J connectivity index is 1.47. The third kappa shape index (κ3) is 3.86. The van der Waals surface area contributed by atoms with Crippen LogP contribution in [0.4, 0.5) is 0 Å². The second kappa shape index (κ2) is 6.93. The number of fused-ring (bicyclic) bond motifs is 1. The largest absolute Gasteiger partial charge is 0.454 e. The van der Waals surface area contributed by atoms with Crippen molar-refractivity contribution in [2.45, 2.75) is 0 Å². The van der Waals surface area contributed by atoms with Crippen molar-refractivity contribution < 1.29 is 19.1 Å². The first-order valence-corrected chi connectivity index (χ1v) is 7.63. The zero-order valence-corrected chi connectivity index (χ0v) is 12.8. The fourth-order valence-electron chi connectivity index (χ4n) is 1.87. The van der Waals surface area contributed by atoms with Crippen LogP contribution in [0.15, 0.2) is 40.8 Å². The van der Waals surface area contributed by atoms with Gasteiger partial charge in [-0.15, -0.1) is 11.3 Å². The minimum atomic E-state index is -0.410. The highest BCUT2D eigenvalue weighted by molar-refractivity contribution is 7.11. The van der Waals surface area contributed by atoms with Crippen LogP contribution in [-0.4, -0.2) is 31.4 Å². The van der Waals surface area contributed by atoms with Crippen molar-refractivity contribution in [2.24, 2.45) is 5.10 Å². The molecule has 0 saturated heterocycles. The Labute approximate surface area is 135 Å². The molecule has 2 heterocycles. The van der Waals surface area contributed by atoms with Gasteiger partial charge in [0.2, 0.25) is 6.79 Å². The SMILES string of the molecule is O=C(CNC(=O)c1ccc2c(c1)OCO2)N/N=C/c1cccs1. The summed E-state index contributed by atoms with van der Waals surface area (Å²) in [4.78, 5) is 24.5. The van der Waals surface area contributed by atoms with E-state index >= 15 is 0 Å². The van der Waals surface area contributed by atoms with Gasteiger partial charge in [0, 0.05) is 10.4 Å². The number of hydrazone groups is 1. The average Bonchev–Trinajstić information content (AvgIpc) is 3.23. The predicted octanol–water partition coefficient (Wildman–Crippen LogP) is 1.36. The molecule has 0 radical (unpaired) electrons. The molecular weight excluding hydrogens is 318 g/mol. The summed E-state index contributed by atoms with van der Waals surface area (Å²) in [5.41, 5.74) is 2.74. The number of thiophene rings is 1. The van der Waals surface area contributed by atoms with Crippen LogP contribution in [0.2, 0.25) is 0 Å². The van der Waals surface area contributed by atoms with Gasteiger partial charge in [-0.25, -0.2) is 5.43 Å². The highest BCUT2D eigenvalue weighted by Gasteiger charge is 2.16. The highest BCUT2D eigenvalue weighted by Crippen LogP contribution is 2.32. The summed E-state index contributed by atoms with van der Waals surface area (Å²) in [6.07, 6.45) is 1.54. The number of rotatable bonds is 5. The molecule has 0 atom stereocenters. The summed E-state index contributed by atoms with van der Waals surface area (Å²) in [7, 11) is 0. The van der Waals surface area contributed by atoms with E-state index in [0.29, 0.717) is 17.1 Å². The molecule has 2 N–H and O–H groups in total. The summed E-state index contributed by atoms with van der Waals surface area (Å²) in [5, 5.41) is 8.24. The average molecular weight is 331 g/mol. The number of carbonyl (C=O) groups is 2. The molecule has 2 amide bonds. The van der Waals surface area contributed by atoms with E-state index in [0.717, 1.165) is 4.88 Å². The monoisotopic (exact) mass is 331 g/mol. The first-order chi connectivity index (χ1) is 11.2. The summed E-state index contributed by atoms with van der Waals surface area (Å²) in [6.45, 7) is -0.0277. The molecule has 0 saturated carbocycles. The Morgan fingerprint density at radius 2 is 2.13 bits per heavy atom. The molecule has 3 rings (SSSR count). The molecule has 1 aliphatic heterocycles. The van der Waals surface area contributed by atoms with Gasteiger partial charge in [-0.1, -0.05) is 6.07 Å². The quantitative estimate of drug-likeness (QED) is 0.639. The van der Waals surface area contributed by atoms with Gasteiger partial charge >= 0.3 is 0 Å². The van der Waals surface area contributed by atoms with Gasteiger partial charge in [0.25, 0.3) is 11.8 Å². The zero-order chi connectivity index (χ0) is 16.1. The van der Waals surface area contributed by atoms with Crippen molar-refractivity contribution in [3.63, 3.8) is 0 Å². The molecule has 0 unspecified atom stereocenters. The van der Waals surface area contributed by atoms with Crippen LogP contribution in [0.25, 0.3) is 0 Å². The number of carbonyl (C=O) groups excluding carboxylic acids is 2. The molecule has 1 aromatic heterocycles. The lowest BCUT2D eigenvalue weighted by Crippen LogP contribution is -2.34. The van der Waals surface area contributed by atoms with Crippen molar-refractivity contribution in [1.82, 2.24) is 10.7 Å². The number of nitrogens with zero attached hydrogens (tertiary/aromatic N) is 1. The first-order valence-electron chi connectivity index (χ1n) is 6.75. The van der Waals surface area contributed by atoms with E-state index in [4.69, 9.17) is 9.47 Å². The Morgan fingerprint density at radius 3 is 2.96 bits per heavy atom. The fraction of sp³-hybridized carbons (Fsp3) is 0.133. The van der Waals surface area contributed by atoms with Crippen LogP contribution in [0, 0.1) is 0 Å². The minimum Gasteiger partial charge on any atom is -0.454 e. The number of amides is 2. The first kappa shape index (κ1) is 15.0. The van der Waals surface area contributed by atoms with Crippen LogP contribution < -0.4 is 20.2 Å². The summed E-state index contributed by atoms with van der Waals surface area (Å²) >= 11 is 1.51. The van der Waals surface area contributed by atoms with Crippen LogP contribution in [0.5, 0.6) is 11.5 Å². The molecule has 1 aromatic carbocycles. The molecular formula is C15H13N3O4S. The fourth-order valence-corrected chi connectivity index (χ4v) is 2.46. The molecule has 0 spiro atoms. The molecule has 23 heavy (non-hydrogen) atoms. The molecule has 2 aromatic rings. The third-order valence-corrected chi connectivity index (χ3v) is 3.78. The molecule has 1 aliphatic rings. The number of benzene rings is 1. The summed E-state index contributed by atoms with van der Waals surface area (Å²) in [6, 6.07) is 8.60. The Morgan fingerprint density at radius 1 is 1.26 bits per heavy atom. The second-order valence-electron chi connectivity index (χ2n) is 4.56. The van der Waals surface area contributed by atoms with E-state index in [1.807, 2.05) is 17.5 Å². The van der Waals surface area contributed by atoms with Gasteiger partial charge in [-0.2, -0.15) is 5.10 Å². The van der Waals surface area contributed by atoms with Gasteiger partial charge in [-0.3, -0.25) is 9.59 Å². The molecule has 8 heteroatoms. The van der Waals surface area contributed by atoms with Gasteiger partial charge in [0.1, 0.15) is 0 Å². The van der Waals surface area contributed by atoms with Gasteiger partial charge < -0.3 is 14.8 Å². The Bertz CT molecular complexity index is 743. The molecule has 0 aliphatic carbocycles.